The summed E-state index contributed by atoms with van der Waals surface area (Å²) in [6.45, 7) is 6.24. The molecule has 1 aromatic rings. The first-order valence-electron chi connectivity index (χ1n) is 11.4. The highest BCUT2D eigenvalue weighted by Crippen LogP contribution is 2.53. The van der Waals surface area contributed by atoms with Crippen LogP contribution in [-0.4, -0.2) is 62.2 Å². The molecule has 3 aliphatic heterocycles. The van der Waals surface area contributed by atoms with Gasteiger partial charge in [-0.15, -0.1) is 0 Å². The monoisotopic (exact) mass is 412 g/mol. The Morgan fingerprint density at radius 2 is 2.13 bits per heavy atom. The van der Waals surface area contributed by atoms with E-state index in [9.17, 15) is 9.59 Å². The molecule has 0 radical (unpaired) electrons. The highest BCUT2D eigenvalue weighted by molar-refractivity contribution is 5.93. The Bertz CT molecular complexity index is 872. The molecule has 7 heteroatoms. The van der Waals surface area contributed by atoms with E-state index in [1.165, 1.54) is 0 Å². The van der Waals surface area contributed by atoms with Gasteiger partial charge in [-0.05, 0) is 18.8 Å². The number of carbonyl (C=O) groups excluding carboxylic acids is 2. The summed E-state index contributed by atoms with van der Waals surface area (Å²) in [5, 5.41) is 4.24. The number of ether oxygens (including phenoxy) is 1. The number of nitrogens with zero attached hydrogens (tertiary/aromatic N) is 4. The van der Waals surface area contributed by atoms with Crippen molar-refractivity contribution in [3.8, 4) is 0 Å². The van der Waals surface area contributed by atoms with Crippen molar-refractivity contribution in [3.63, 3.8) is 0 Å². The van der Waals surface area contributed by atoms with Gasteiger partial charge in [-0.25, -0.2) is 0 Å². The topological polar surface area (TPSA) is 67.7 Å². The van der Waals surface area contributed by atoms with Gasteiger partial charge in [0.15, 0.2) is 0 Å². The Hall–Kier alpha value is -2.15. The molecule has 1 aliphatic carbocycles. The van der Waals surface area contributed by atoms with Crippen molar-refractivity contribution in [2.75, 3.05) is 13.1 Å². The third-order valence-corrected chi connectivity index (χ3v) is 7.48. The van der Waals surface area contributed by atoms with Gasteiger partial charge in [-0.3, -0.25) is 14.3 Å². The zero-order valence-electron chi connectivity index (χ0n) is 18.2. The number of rotatable bonds is 8. The molecular weight excluding hydrogens is 380 g/mol. The van der Waals surface area contributed by atoms with Gasteiger partial charge >= 0.3 is 0 Å². The average molecular weight is 413 g/mol. The van der Waals surface area contributed by atoms with Crippen LogP contribution in [0.1, 0.15) is 45.1 Å². The number of hydrogen-bond acceptors (Lipinski definition) is 4. The molecule has 2 bridgehead atoms. The molecule has 5 rings (SSSR count). The molecule has 3 fully saturated rings. The van der Waals surface area contributed by atoms with E-state index in [-0.39, 0.29) is 29.9 Å². The quantitative estimate of drug-likeness (QED) is 0.614. The number of likely N-dealkylation sites (tertiary alicyclic amines) is 1. The van der Waals surface area contributed by atoms with Crippen LogP contribution in [0.25, 0.3) is 0 Å². The van der Waals surface area contributed by atoms with Gasteiger partial charge in [-0.2, -0.15) is 5.10 Å². The molecule has 0 N–H and O–H groups in total. The normalized spacial score (nSPS) is 31.8. The standard InChI is InChI=1S/C23H32N4O3/c1-4-15(5-2)12-26-14-23-9-8-18(30-23)19(20(23)22(26)29)21(28)27(17-6-7-17)13-16-10-24-25(3)11-16/h8-11,15,17-20H,4-7,12-14H2,1-3H3/t18-,19-,20-,23-/m0/s1. The summed E-state index contributed by atoms with van der Waals surface area (Å²) in [5.41, 5.74) is 0.414. The van der Waals surface area contributed by atoms with Crippen molar-refractivity contribution >= 4 is 11.8 Å². The average Bonchev–Trinajstić information content (AvgIpc) is 3.11. The zero-order valence-corrected chi connectivity index (χ0v) is 18.2. The highest BCUT2D eigenvalue weighted by Gasteiger charge is 2.67. The molecule has 4 atom stereocenters. The van der Waals surface area contributed by atoms with Crippen molar-refractivity contribution in [3.05, 3.63) is 30.1 Å². The van der Waals surface area contributed by atoms with Gasteiger partial charge < -0.3 is 14.5 Å². The molecule has 2 saturated heterocycles. The van der Waals surface area contributed by atoms with Crippen LogP contribution in [0.3, 0.4) is 0 Å². The van der Waals surface area contributed by atoms with Crippen LogP contribution in [0.4, 0.5) is 0 Å². The second-order valence-corrected chi connectivity index (χ2v) is 9.52. The summed E-state index contributed by atoms with van der Waals surface area (Å²) in [7, 11) is 1.89. The highest BCUT2D eigenvalue weighted by atomic mass is 16.5. The van der Waals surface area contributed by atoms with Crippen LogP contribution in [0.5, 0.6) is 0 Å². The van der Waals surface area contributed by atoms with Gasteiger partial charge in [0.25, 0.3) is 0 Å². The second-order valence-electron chi connectivity index (χ2n) is 9.52. The van der Waals surface area contributed by atoms with Gasteiger partial charge in [0.2, 0.25) is 11.8 Å². The van der Waals surface area contributed by atoms with Crippen LogP contribution in [-0.2, 0) is 27.9 Å². The largest absolute Gasteiger partial charge is 0.360 e. The molecule has 30 heavy (non-hydrogen) atoms. The van der Waals surface area contributed by atoms with Crippen LogP contribution in [0.15, 0.2) is 24.5 Å². The van der Waals surface area contributed by atoms with Crippen LogP contribution in [0, 0.1) is 17.8 Å². The predicted octanol–water partition coefficient (Wildman–Crippen LogP) is 2.13. The lowest BCUT2D eigenvalue weighted by atomic mass is 9.76. The molecule has 162 valence electrons. The van der Waals surface area contributed by atoms with E-state index in [0.29, 0.717) is 19.0 Å². The fraction of sp³-hybridized carbons (Fsp3) is 0.696. The summed E-state index contributed by atoms with van der Waals surface area (Å²) in [5.74, 6) is -0.131. The summed E-state index contributed by atoms with van der Waals surface area (Å²) >= 11 is 0. The summed E-state index contributed by atoms with van der Waals surface area (Å²) in [6, 6.07) is 0.272. The first-order valence-corrected chi connectivity index (χ1v) is 11.4. The number of amides is 2. The fourth-order valence-corrected chi connectivity index (χ4v) is 5.59. The number of fused-ring (bicyclic) bond motifs is 1. The minimum Gasteiger partial charge on any atom is -0.360 e. The van der Waals surface area contributed by atoms with E-state index < -0.39 is 11.5 Å². The van der Waals surface area contributed by atoms with Gasteiger partial charge in [0.05, 0.1) is 30.7 Å². The molecule has 4 aliphatic rings. The summed E-state index contributed by atoms with van der Waals surface area (Å²) in [6.07, 6.45) is 11.7. The lowest BCUT2D eigenvalue weighted by Gasteiger charge is -2.30. The van der Waals surface area contributed by atoms with Crippen molar-refractivity contribution in [1.29, 1.82) is 0 Å². The molecule has 4 heterocycles. The number of aromatic nitrogens is 2. The zero-order chi connectivity index (χ0) is 21.0. The van der Waals surface area contributed by atoms with E-state index in [1.54, 1.807) is 4.68 Å². The van der Waals surface area contributed by atoms with Crippen molar-refractivity contribution in [2.45, 2.75) is 63.8 Å². The number of hydrogen-bond donors (Lipinski definition) is 0. The van der Waals surface area contributed by atoms with Gasteiger partial charge in [-0.1, -0.05) is 38.8 Å². The van der Waals surface area contributed by atoms with Crippen molar-refractivity contribution < 1.29 is 14.3 Å². The van der Waals surface area contributed by atoms with Gasteiger partial charge in [0.1, 0.15) is 5.60 Å². The maximum atomic E-state index is 13.8. The first kappa shape index (κ1) is 19.8. The second kappa shape index (κ2) is 7.22. The predicted molar refractivity (Wildman–Crippen MR) is 111 cm³/mol. The van der Waals surface area contributed by atoms with E-state index in [4.69, 9.17) is 4.74 Å². The van der Waals surface area contributed by atoms with E-state index >= 15 is 0 Å². The maximum absolute atomic E-state index is 13.8. The Morgan fingerprint density at radius 3 is 2.77 bits per heavy atom. The summed E-state index contributed by atoms with van der Waals surface area (Å²) < 4.78 is 8.10. The third-order valence-electron chi connectivity index (χ3n) is 7.48. The van der Waals surface area contributed by atoms with Crippen LogP contribution in [0.2, 0.25) is 0 Å². The van der Waals surface area contributed by atoms with E-state index in [0.717, 1.165) is 37.8 Å². The molecule has 7 nitrogen and oxygen atoms in total. The van der Waals surface area contributed by atoms with Crippen molar-refractivity contribution in [2.24, 2.45) is 24.8 Å². The van der Waals surface area contributed by atoms with Crippen molar-refractivity contribution in [1.82, 2.24) is 19.6 Å². The Morgan fingerprint density at radius 1 is 1.37 bits per heavy atom. The molecule has 2 amide bonds. The van der Waals surface area contributed by atoms with Crippen LogP contribution >= 0.6 is 0 Å². The third kappa shape index (κ3) is 3.09. The first-order chi connectivity index (χ1) is 14.5. The Balaban J connectivity index is 1.38. The van der Waals surface area contributed by atoms with Crippen LogP contribution < -0.4 is 0 Å². The summed E-state index contributed by atoms with van der Waals surface area (Å²) in [4.78, 5) is 31.2. The Labute approximate surface area is 178 Å². The van der Waals surface area contributed by atoms with E-state index in [2.05, 4.69) is 25.0 Å². The molecule has 0 unspecified atom stereocenters. The minimum absolute atomic E-state index is 0.0697. The fourth-order valence-electron chi connectivity index (χ4n) is 5.59. The minimum atomic E-state index is -0.613. The molecule has 1 aromatic heterocycles. The lowest BCUT2D eigenvalue weighted by molar-refractivity contribution is -0.144. The lowest BCUT2D eigenvalue weighted by Crippen LogP contribution is -2.46. The SMILES string of the molecule is CCC(CC)CN1C[C@]23C=C[C@H](O2)[C@H](C(=O)N(Cc2cnn(C)c2)C2CC2)[C@H]3C1=O. The maximum Gasteiger partial charge on any atom is 0.230 e. The molecule has 1 saturated carbocycles. The number of carbonyl (C=O) groups is 2. The van der Waals surface area contributed by atoms with Gasteiger partial charge in [0, 0.05) is 37.9 Å². The molecule has 1 spiro atoms. The molecular formula is C23H32N4O3. The smallest absolute Gasteiger partial charge is 0.230 e. The molecule has 0 aromatic carbocycles. The number of aryl methyl sites for hydroxylation is 1. The van der Waals surface area contributed by atoms with E-state index in [1.807, 2.05) is 35.3 Å². The Kier molecular flexibility index (Phi) is 4.76.